The number of rotatable bonds is 2. The van der Waals surface area contributed by atoms with Crippen LogP contribution in [-0.4, -0.2) is 5.78 Å². The predicted octanol–water partition coefficient (Wildman–Crippen LogP) is 4.29. The van der Waals surface area contributed by atoms with Gasteiger partial charge in [-0.3, -0.25) is 4.79 Å². The Kier molecular flexibility index (Phi) is 3.50. The summed E-state index contributed by atoms with van der Waals surface area (Å²) in [4.78, 5) is 13.5. The minimum Gasteiger partial charge on any atom is -0.298 e. The zero-order valence-electron chi connectivity index (χ0n) is 15.7. The molecule has 5 rings (SSSR count). The van der Waals surface area contributed by atoms with Crippen LogP contribution in [0.4, 0.5) is 0 Å². The van der Waals surface area contributed by atoms with Crippen LogP contribution in [0.15, 0.2) is 36.4 Å². The van der Waals surface area contributed by atoms with Gasteiger partial charge in [0.2, 0.25) is 0 Å². The van der Waals surface area contributed by atoms with Crippen LogP contribution < -0.4 is 10.4 Å². The van der Waals surface area contributed by atoms with Crippen LogP contribution >= 0.6 is 0 Å². The Morgan fingerprint density at radius 1 is 1.00 bits per heavy atom. The Morgan fingerprint density at radius 2 is 1.81 bits per heavy atom. The van der Waals surface area contributed by atoms with Gasteiger partial charge in [0.05, 0.1) is 0 Å². The molecular weight excluding hydrogens is 316 g/mol. The van der Waals surface area contributed by atoms with Gasteiger partial charge in [0.15, 0.2) is 0 Å². The third kappa shape index (κ3) is 2.19. The van der Waals surface area contributed by atoms with Crippen LogP contribution in [0.3, 0.4) is 0 Å². The van der Waals surface area contributed by atoms with Crippen molar-refractivity contribution in [3.8, 4) is 0 Å². The largest absolute Gasteiger partial charge is 0.298 e. The van der Waals surface area contributed by atoms with Crippen LogP contribution in [0.5, 0.6) is 0 Å². The Hall–Kier alpha value is -2.15. The monoisotopic (exact) mass is 342 g/mol. The molecule has 1 fully saturated rings. The van der Waals surface area contributed by atoms with Crippen LogP contribution in [-0.2, 0) is 4.79 Å². The normalized spacial score (nSPS) is 24.8. The molecule has 0 aliphatic heterocycles. The SMILES string of the molecule is CC1C=c2ccccc2=c2ccc3c(c21)[C@H](C(=O)C1(C)CCC1)CCC=3. The van der Waals surface area contributed by atoms with E-state index in [1.165, 1.54) is 38.4 Å². The Bertz CT molecular complexity index is 1120. The summed E-state index contributed by atoms with van der Waals surface area (Å²) >= 11 is 0. The van der Waals surface area contributed by atoms with Crippen molar-refractivity contribution in [2.75, 3.05) is 0 Å². The molecule has 3 aliphatic carbocycles. The smallest absolute Gasteiger partial charge is 0.146 e. The summed E-state index contributed by atoms with van der Waals surface area (Å²) in [5, 5.41) is 5.27. The van der Waals surface area contributed by atoms with Gasteiger partial charge >= 0.3 is 0 Å². The fraction of sp³-hybridized carbons (Fsp3) is 0.400. The van der Waals surface area contributed by atoms with Crippen molar-refractivity contribution in [1.29, 1.82) is 0 Å². The van der Waals surface area contributed by atoms with Gasteiger partial charge in [-0.1, -0.05) is 68.8 Å². The Labute approximate surface area is 154 Å². The number of fused-ring (bicyclic) bond motifs is 4. The van der Waals surface area contributed by atoms with E-state index in [9.17, 15) is 4.79 Å². The maximum atomic E-state index is 13.5. The molecule has 2 aromatic rings. The quantitative estimate of drug-likeness (QED) is 0.796. The lowest BCUT2D eigenvalue weighted by Gasteiger charge is -2.40. The van der Waals surface area contributed by atoms with Gasteiger partial charge in [-0.2, -0.15) is 0 Å². The highest BCUT2D eigenvalue weighted by Gasteiger charge is 2.43. The summed E-state index contributed by atoms with van der Waals surface area (Å²) in [5.41, 5.74) is 2.66. The highest BCUT2D eigenvalue weighted by atomic mass is 16.1. The minimum atomic E-state index is -0.0818. The van der Waals surface area contributed by atoms with E-state index in [0.717, 1.165) is 25.7 Å². The first-order valence-corrected chi connectivity index (χ1v) is 10.1. The highest BCUT2D eigenvalue weighted by molar-refractivity contribution is 5.92. The molecule has 0 bridgehead atoms. The molecule has 0 N–H and O–H groups in total. The molecule has 2 aromatic carbocycles. The fourth-order valence-corrected chi connectivity index (χ4v) is 5.37. The molecule has 0 amide bonds. The lowest BCUT2D eigenvalue weighted by atomic mass is 9.62. The van der Waals surface area contributed by atoms with E-state index in [-0.39, 0.29) is 11.3 Å². The number of benzene rings is 2. The summed E-state index contributed by atoms with van der Waals surface area (Å²) in [6.07, 6.45) is 10.1. The molecule has 3 aliphatic rings. The molecule has 26 heavy (non-hydrogen) atoms. The average molecular weight is 342 g/mol. The summed E-state index contributed by atoms with van der Waals surface area (Å²) in [7, 11) is 0. The zero-order valence-corrected chi connectivity index (χ0v) is 15.7. The van der Waals surface area contributed by atoms with Gasteiger partial charge in [0.25, 0.3) is 0 Å². The summed E-state index contributed by atoms with van der Waals surface area (Å²) in [6.45, 7) is 4.48. The molecule has 0 saturated heterocycles. The lowest BCUT2D eigenvalue weighted by molar-refractivity contribution is -0.134. The van der Waals surface area contributed by atoms with E-state index >= 15 is 0 Å². The molecule has 0 radical (unpaired) electrons. The number of carbonyl (C=O) groups excluding carboxylic acids is 1. The third-order valence-electron chi connectivity index (χ3n) is 6.99. The van der Waals surface area contributed by atoms with Crippen LogP contribution in [0, 0.1) is 15.9 Å². The van der Waals surface area contributed by atoms with Gasteiger partial charge < -0.3 is 0 Å². The Morgan fingerprint density at radius 3 is 2.58 bits per heavy atom. The van der Waals surface area contributed by atoms with Gasteiger partial charge in [-0.05, 0) is 57.7 Å². The second kappa shape index (κ2) is 5.67. The van der Waals surface area contributed by atoms with E-state index in [0.29, 0.717) is 11.7 Å². The van der Waals surface area contributed by atoms with E-state index in [4.69, 9.17) is 0 Å². The number of hydrogen-bond acceptors (Lipinski definition) is 1. The van der Waals surface area contributed by atoms with E-state index < -0.39 is 0 Å². The van der Waals surface area contributed by atoms with Gasteiger partial charge in [0.1, 0.15) is 5.78 Å². The molecule has 1 heteroatoms. The van der Waals surface area contributed by atoms with Crippen molar-refractivity contribution in [3.63, 3.8) is 0 Å². The molecular formula is C25H26O. The van der Waals surface area contributed by atoms with Crippen LogP contribution in [0.1, 0.15) is 68.9 Å². The van der Waals surface area contributed by atoms with E-state index in [1.54, 1.807) is 0 Å². The summed E-state index contributed by atoms with van der Waals surface area (Å²) < 4.78 is 0. The second-order valence-electron chi connectivity index (χ2n) is 8.68. The first-order chi connectivity index (χ1) is 12.6. The molecule has 1 nitrogen and oxygen atoms in total. The van der Waals surface area contributed by atoms with Gasteiger partial charge in [-0.15, -0.1) is 0 Å². The first-order valence-electron chi connectivity index (χ1n) is 10.1. The van der Waals surface area contributed by atoms with Crippen molar-refractivity contribution in [1.82, 2.24) is 0 Å². The first kappa shape index (κ1) is 16.1. The molecule has 0 spiro atoms. The second-order valence-corrected chi connectivity index (χ2v) is 8.68. The van der Waals surface area contributed by atoms with Gasteiger partial charge in [0, 0.05) is 17.3 Å². The third-order valence-corrected chi connectivity index (χ3v) is 6.99. The average Bonchev–Trinajstić information content (AvgIpc) is 2.64. The summed E-state index contributed by atoms with van der Waals surface area (Å²) in [6, 6.07) is 13.2. The van der Waals surface area contributed by atoms with Crippen LogP contribution in [0.2, 0.25) is 0 Å². The maximum absolute atomic E-state index is 13.5. The van der Waals surface area contributed by atoms with Crippen molar-refractivity contribution >= 4 is 17.9 Å². The zero-order chi connectivity index (χ0) is 17.9. The van der Waals surface area contributed by atoms with E-state index in [1.807, 2.05) is 0 Å². The van der Waals surface area contributed by atoms with Crippen LogP contribution in [0.25, 0.3) is 12.2 Å². The molecule has 1 unspecified atom stereocenters. The molecule has 132 valence electrons. The van der Waals surface area contributed by atoms with Crippen molar-refractivity contribution in [2.45, 2.75) is 57.8 Å². The number of carbonyl (C=O) groups is 1. The topological polar surface area (TPSA) is 17.1 Å². The van der Waals surface area contributed by atoms with Crippen molar-refractivity contribution in [3.05, 3.63) is 68.4 Å². The fourth-order valence-electron chi connectivity index (χ4n) is 5.37. The predicted molar refractivity (Wildman–Crippen MR) is 106 cm³/mol. The van der Waals surface area contributed by atoms with E-state index in [2.05, 4.69) is 62.4 Å². The summed E-state index contributed by atoms with van der Waals surface area (Å²) in [5.74, 6) is 0.930. The van der Waals surface area contributed by atoms with Gasteiger partial charge in [-0.25, -0.2) is 0 Å². The number of Topliss-reactive ketones (excluding diaryl/α,β-unsaturated/α-hetero) is 1. The molecule has 0 heterocycles. The molecule has 1 saturated carbocycles. The standard InChI is InChI=1S/C25H26O/c1-16-15-18-7-3-4-9-19(18)20-12-11-17-8-5-10-21(23(17)22(16)20)24(26)25(2)13-6-14-25/h3-4,7-9,11-12,15-16,21H,5-6,10,13-14H2,1-2H3/t16?,21-/m1/s1. The number of ketones is 1. The number of hydrogen-bond donors (Lipinski definition) is 0. The maximum Gasteiger partial charge on any atom is 0.146 e. The molecule has 0 aromatic heterocycles. The van der Waals surface area contributed by atoms with Crippen molar-refractivity contribution in [2.24, 2.45) is 5.41 Å². The lowest BCUT2D eigenvalue weighted by Crippen LogP contribution is -2.41. The highest BCUT2D eigenvalue weighted by Crippen LogP contribution is 2.46. The van der Waals surface area contributed by atoms with Crippen molar-refractivity contribution < 1.29 is 4.79 Å². The Balaban J connectivity index is 1.82. The minimum absolute atomic E-state index is 0.0800. The molecule has 2 atom stereocenters.